The van der Waals surface area contributed by atoms with E-state index < -0.39 is 6.36 Å². The molecule has 0 aliphatic carbocycles. The summed E-state index contributed by atoms with van der Waals surface area (Å²) in [5.41, 5.74) is 3.51. The number of benzene rings is 2. The van der Waals surface area contributed by atoms with Crippen molar-refractivity contribution in [1.82, 2.24) is 24.5 Å². The van der Waals surface area contributed by atoms with Crippen LogP contribution in [0.15, 0.2) is 61.1 Å². The number of imidazole rings is 1. The minimum absolute atomic E-state index is 0.326. The highest BCUT2D eigenvalue weighted by atomic mass is 19.4. The number of halogens is 3. The largest absolute Gasteiger partial charge is 0.573 e. The number of aryl methyl sites for hydroxylation is 1. The number of hydrogen-bond acceptors (Lipinski definition) is 5. The number of hydrogen-bond donors (Lipinski definition) is 2. The van der Waals surface area contributed by atoms with Crippen molar-refractivity contribution in [3.05, 3.63) is 61.1 Å². The third-order valence-electron chi connectivity index (χ3n) is 4.73. The zero-order chi connectivity index (χ0) is 21.6. The molecule has 0 spiro atoms. The van der Waals surface area contributed by atoms with E-state index in [1.54, 1.807) is 6.07 Å². The van der Waals surface area contributed by atoms with E-state index in [1.165, 1.54) is 24.5 Å². The molecule has 0 bridgehead atoms. The molecule has 2 N–H and O–H groups in total. The van der Waals surface area contributed by atoms with Gasteiger partial charge in [-0.1, -0.05) is 18.2 Å². The van der Waals surface area contributed by atoms with Gasteiger partial charge in [0.2, 0.25) is 0 Å². The first kappa shape index (κ1) is 18.9. The van der Waals surface area contributed by atoms with Gasteiger partial charge in [0.05, 0.1) is 16.4 Å². The van der Waals surface area contributed by atoms with Crippen LogP contribution in [0.4, 0.5) is 24.7 Å². The zero-order valence-electron chi connectivity index (χ0n) is 16.1. The molecule has 0 aliphatic rings. The molecule has 7 nitrogen and oxygen atoms in total. The van der Waals surface area contributed by atoms with Crippen LogP contribution in [-0.2, 0) is 7.05 Å². The molecular weight excluding hydrogens is 409 g/mol. The Morgan fingerprint density at radius 1 is 1.06 bits per heavy atom. The van der Waals surface area contributed by atoms with Crippen LogP contribution in [0.2, 0.25) is 0 Å². The number of H-pyrrole nitrogens is 1. The fourth-order valence-corrected chi connectivity index (χ4v) is 3.47. The molecule has 3 aromatic heterocycles. The van der Waals surface area contributed by atoms with Gasteiger partial charge in [0.25, 0.3) is 0 Å². The van der Waals surface area contributed by atoms with Crippen LogP contribution in [0.3, 0.4) is 0 Å². The summed E-state index contributed by atoms with van der Waals surface area (Å²) in [5.74, 6) is 0.748. The van der Waals surface area contributed by atoms with Gasteiger partial charge in [-0.25, -0.2) is 15.0 Å². The Kier molecular flexibility index (Phi) is 4.28. The quantitative estimate of drug-likeness (QED) is 0.417. The SMILES string of the molecule is Cn1cc(-c2nc3ccccc3[nH]2)c2c(Nc3cccc(OC(F)(F)F)c3)ncnc21. The first-order chi connectivity index (χ1) is 14.9. The molecule has 31 heavy (non-hydrogen) atoms. The van der Waals surface area contributed by atoms with E-state index in [0.717, 1.165) is 16.6 Å². The zero-order valence-corrected chi connectivity index (χ0v) is 16.1. The van der Waals surface area contributed by atoms with Gasteiger partial charge in [0, 0.05) is 30.6 Å². The van der Waals surface area contributed by atoms with Crippen molar-refractivity contribution in [2.45, 2.75) is 6.36 Å². The standard InChI is InChI=1S/C21H15F3N6O/c1-30-10-14(18-28-15-7-2-3-8-16(15)29-18)17-19(25-11-26-20(17)30)27-12-5-4-6-13(9-12)31-21(22,23)24/h2-11H,1H3,(H,28,29)(H,25,26,27). The number of nitrogens with zero attached hydrogens (tertiary/aromatic N) is 4. The summed E-state index contributed by atoms with van der Waals surface area (Å²) in [6.45, 7) is 0. The van der Waals surface area contributed by atoms with Gasteiger partial charge < -0.3 is 19.6 Å². The van der Waals surface area contributed by atoms with Crippen LogP contribution >= 0.6 is 0 Å². The van der Waals surface area contributed by atoms with Crippen molar-refractivity contribution >= 4 is 33.6 Å². The number of rotatable bonds is 4. The number of aromatic nitrogens is 5. The molecule has 3 heterocycles. The van der Waals surface area contributed by atoms with E-state index in [4.69, 9.17) is 0 Å². The second-order valence-corrected chi connectivity index (χ2v) is 6.88. The van der Waals surface area contributed by atoms with E-state index in [2.05, 4.69) is 30.0 Å². The number of ether oxygens (including phenoxy) is 1. The normalized spacial score (nSPS) is 11.9. The lowest BCUT2D eigenvalue weighted by atomic mass is 10.2. The Bertz CT molecular complexity index is 1370. The average Bonchev–Trinajstić information content (AvgIpc) is 3.29. The van der Waals surface area contributed by atoms with Gasteiger partial charge in [-0.05, 0) is 24.3 Å². The monoisotopic (exact) mass is 424 g/mol. The molecule has 0 saturated carbocycles. The lowest BCUT2D eigenvalue weighted by Crippen LogP contribution is -2.17. The van der Waals surface area contributed by atoms with Gasteiger partial charge in [0.15, 0.2) is 0 Å². The lowest BCUT2D eigenvalue weighted by Gasteiger charge is -2.11. The van der Waals surface area contributed by atoms with Gasteiger partial charge in [-0.3, -0.25) is 0 Å². The molecule has 0 radical (unpaired) electrons. The maximum absolute atomic E-state index is 12.6. The molecule has 156 valence electrons. The summed E-state index contributed by atoms with van der Waals surface area (Å²) < 4.78 is 43.5. The second kappa shape index (κ2) is 7.01. The number of alkyl halides is 3. The van der Waals surface area contributed by atoms with Crippen LogP contribution in [0.25, 0.3) is 33.5 Å². The van der Waals surface area contributed by atoms with E-state index in [9.17, 15) is 13.2 Å². The van der Waals surface area contributed by atoms with Crippen LogP contribution in [0, 0.1) is 0 Å². The smallest absolute Gasteiger partial charge is 0.406 e. The molecule has 2 aromatic carbocycles. The Labute approximate surface area is 173 Å². The molecule has 0 fully saturated rings. The molecule has 0 atom stereocenters. The van der Waals surface area contributed by atoms with Crippen LogP contribution in [0.5, 0.6) is 5.75 Å². The maximum atomic E-state index is 12.6. The number of nitrogens with one attached hydrogen (secondary N) is 2. The molecule has 0 aliphatic heterocycles. The summed E-state index contributed by atoms with van der Waals surface area (Å²) in [4.78, 5) is 16.6. The molecule has 0 unspecified atom stereocenters. The fraction of sp³-hybridized carbons (Fsp3) is 0.0952. The third kappa shape index (κ3) is 3.63. The van der Waals surface area contributed by atoms with Crippen molar-refractivity contribution in [3.8, 4) is 17.1 Å². The highest BCUT2D eigenvalue weighted by Crippen LogP contribution is 2.34. The second-order valence-electron chi connectivity index (χ2n) is 6.88. The Morgan fingerprint density at radius 3 is 2.71 bits per heavy atom. The Hall–Kier alpha value is -4.08. The van der Waals surface area contributed by atoms with Gasteiger partial charge in [0.1, 0.15) is 29.4 Å². The molecule has 5 rings (SSSR count). The summed E-state index contributed by atoms with van der Waals surface area (Å²) >= 11 is 0. The molecule has 0 amide bonds. The van der Waals surface area contributed by atoms with Crippen molar-refractivity contribution in [2.24, 2.45) is 7.05 Å². The predicted molar refractivity (Wildman–Crippen MR) is 110 cm³/mol. The Balaban J connectivity index is 1.60. The molecular formula is C21H15F3N6O. The van der Waals surface area contributed by atoms with E-state index >= 15 is 0 Å². The van der Waals surface area contributed by atoms with Gasteiger partial charge in [-0.2, -0.15) is 0 Å². The van der Waals surface area contributed by atoms with Gasteiger partial charge >= 0.3 is 6.36 Å². The van der Waals surface area contributed by atoms with Crippen molar-refractivity contribution in [3.63, 3.8) is 0 Å². The molecule has 5 aromatic rings. The number of anilines is 2. The number of para-hydroxylation sites is 2. The summed E-state index contributed by atoms with van der Waals surface area (Å²) in [6, 6.07) is 13.2. The summed E-state index contributed by atoms with van der Waals surface area (Å²) in [5, 5.41) is 3.76. The highest BCUT2D eigenvalue weighted by molar-refractivity contribution is 6.01. The first-order valence-corrected chi connectivity index (χ1v) is 9.25. The van der Waals surface area contributed by atoms with Gasteiger partial charge in [-0.15, -0.1) is 13.2 Å². The van der Waals surface area contributed by atoms with Crippen molar-refractivity contribution < 1.29 is 17.9 Å². The maximum Gasteiger partial charge on any atom is 0.573 e. The number of aromatic amines is 1. The lowest BCUT2D eigenvalue weighted by molar-refractivity contribution is -0.274. The van der Waals surface area contributed by atoms with Crippen LogP contribution in [-0.4, -0.2) is 30.9 Å². The fourth-order valence-electron chi connectivity index (χ4n) is 3.47. The predicted octanol–water partition coefficient (Wildman–Crippen LogP) is 5.15. The van der Waals surface area contributed by atoms with E-state index in [-0.39, 0.29) is 5.75 Å². The van der Waals surface area contributed by atoms with Crippen LogP contribution < -0.4 is 10.1 Å². The summed E-state index contributed by atoms with van der Waals surface area (Å²) in [6.07, 6.45) is -1.50. The first-order valence-electron chi connectivity index (χ1n) is 9.25. The average molecular weight is 424 g/mol. The van der Waals surface area contributed by atoms with Crippen LogP contribution in [0.1, 0.15) is 0 Å². The topological polar surface area (TPSA) is 80.7 Å². The third-order valence-corrected chi connectivity index (χ3v) is 4.73. The van der Waals surface area contributed by atoms with Crippen molar-refractivity contribution in [2.75, 3.05) is 5.32 Å². The Morgan fingerprint density at radius 2 is 1.90 bits per heavy atom. The van der Waals surface area contributed by atoms with E-state index in [0.29, 0.717) is 28.4 Å². The summed E-state index contributed by atoms with van der Waals surface area (Å²) in [7, 11) is 1.85. The number of fused-ring (bicyclic) bond motifs is 2. The van der Waals surface area contributed by atoms with E-state index in [1.807, 2.05) is 42.1 Å². The van der Waals surface area contributed by atoms with Crippen molar-refractivity contribution in [1.29, 1.82) is 0 Å². The molecule has 0 saturated heterocycles. The highest BCUT2D eigenvalue weighted by Gasteiger charge is 2.31. The minimum atomic E-state index is -4.77. The molecule has 10 heteroatoms. The minimum Gasteiger partial charge on any atom is -0.406 e.